The number of hydrogen-bond donors (Lipinski definition) is 0. The number of nitrogens with zero attached hydrogens (tertiary/aromatic N) is 1. The van der Waals surface area contributed by atoms with E-state index in [0.29, 0.717) is 11.3 Å². The Kier molecular flexibility index (Phi) is 4.55. The molecule has 0 fully saturated rings. The summed E-state index contributed by atoms with van der Waals surface area (Å²) in [6, 6.07) is 10.9. The Morgan fingerprint density at radius 2 is 1.62 bits per heavy atom. The van der Waals surface area contributed by atoms with Crippen LogP contribution in [-0.4, -0.2) is 25.5 Å². The van der Waals surface area contributed by atoms with Gasteiger partial charge in [0, 0.05) is 0 Å². The normalized spacial score (nSPS) is 14.1. The second-order valence-electron chi connectivity index (χ2n) is 5.92. The first-order chi connectivity index (χ1) is 7.41. The standard InChI is InChI=1S/C15H25N/c1-15(2,3)14(11-12-16(4)5)13-9-7-6-8-10-13/h6-10,14H,11-12H2,1-5H3. The fourth-order valence-corrected chi connectivity index (χ4v) is 2.17. The van der Waals surface area contributed by atoms with Crippen LogP contribution in [0.1, 0.15) is 38.7 Å². The molecule has 1 heteroatoms. The van der Waals surface area contributed by atoms with Crippen molar-refractivity contribution in [2.75, 3.05) is 20.6 Å². The Hall–Kier alpha value is -0.820. The molecule has 0 aliphatic heterocycles. The van der Waals surface area contributed by atoms with Crippen molar-refractivity contribution < 1.29 is 0 Å². The van der Waals surface area contributed by atoms with E-state index in [-0.39, 0.29) is 0 Å². The van der Waals surface area contributed by atoms with Crippen molar-refractivity contribution in [3.8, 4) is 0 Å². The molecule has 0 spiro atoms. The maximum absolute atomic E-state index is 2.33. The molecule has 0 saturated heterocycles. The Morgan fingerprint density at radius 3 is 2.06 bits per heavy atom. The molecule has 0 aromatic heterocycles. The summed E-state index contributed by atoms with van der Waals surface area (Å²) in [6.07, 6.45) is 1.22. The lowest BCUT2D eigenvalue weighted by atomic mass is 9.74. The van der Waals surface area contributed by atoms with Gasteiger partial charge < -0.3 is 4.90 Å². The van der Waals surface area contributed by atoms with Crippen LogP contribution in [0.5, 0.6) is 0 Å². The van der Waals surface area contributed by atoms with E-state index in [1.54, 1.807) is 0 Å². The number of hydrogen-bond acceptors (Lipinski definition) is 1. The van der Waals surface area contributed by atoms with E-state index in [4.69, 9.17) is 0 Å². The van der Waals surface area contributed by atoms with Gasteiger partial charge in [-0.25, -0.2) is 0 Å². The fraction of sp³-hybridized carbons (Fsp3) is 0.600. The summed E-state index contributed by atoms with van der Waals surface area (Å²) < 4.78 is 0. The summed E-state index contributed by atoms with van der Waals surface area (Å²) >= 11 is 0. The topological polar surface area (TPSA) is 3.24 Å². The zero-order chi connectivity index (χ0) is 12.2. The minimum Gasteiger partial charge on any atom is -0.309 e. The molecule has 1 atom stereocenters. The van der Waals surface area contributed by atoms with E-state index in [1.165, 1.54) is 12.0 Å². The second-order valence-corrected chi connectivity index (χ2v) is 5.92. The summed E-state index contributed by atoms with van der Waals surface area (Å²) in [5, 5.41) is 0. The predicted octanol–water partition coefficient (Wildman–Crippen LogP) is 3.77. The van der Waals surface area contributed by atoms with Gasteiger partial charge in [-0.1, -0.05) is 51.1 Å². The smallest absolute Gasteiger partial charge is 0.00188 e. The van der Waals surface area contributed by atoms with Crippen molar-refractivity contribution in [1.29, 1.82) is 0 Å². The van der Waals surface area contributed by atoms with E-state index in [0.717, 1.165) is 6.54 Å². The SMILES string of the molecule is CN(C)CCC(c1ccccc1)C(C)(C)C. The van der Waals surface area contributed by atoms with Crippen LogP contribution in [0.4, 0.5) is 0 Å². The van der Waals surface area contributed by atoms with Crippen molar-refractivity contribution in [3.05, 3.63) is 35.9 Å². The summed E-state index contributed by atoms with van der Waals surface area (Å²) in [4.78, 5) is 2.27. The molecule has 1 rings (SSSR count). The molecule has 1 nitrogen and oxygen atoms in total. The third kappa shape index (κ3) is 3.97. The Labute approximate surface area is 100 Å². The predicted molar refractivity (Wildman–Crippen MR) is 71.8 cm³/mol. The highest BCUT2D eigenvalue weighted by Crippen LogP contribution is 2.37. The molecule has 0 aliphatic carbocycles. The van der Waals surface area contributed by atoms with E-state index in [2.05, 4.69) is 70.1 Å². The van der Waals surface area contributed by atoms with Gasteiger partial charge in [0.05, 0.1) is 0 Å². The lowest BCUT2D eigenvalue weighted by Gasteiger charge is -2.32. The first-order valence-corrected chi connectivity index (χ1v) is 6.11. The van der Waals surface area contributed by atoms with Crippen molar-refractivity contribution in [2.24, 2.45) is 5.41 Å². The molecule has 0 aliphatic rings. The van der Waals surface area contributed by atoms with Gasteiger partial charge in [0.1, 0.15) is 0 Å². The van der Waals surface area contributed by atoms with Crippen LogP contribution in [0.2, 0.25) is 0 Å². The van der Waals surface area contributed by atoms with Gasteiger partial charge in [-0.15, -0.1) is 0 Å². The second kappa shape index (κ2) is 5.49. The van der Waals surface area contributed by atoms with Crippen LogP contribution in [0.25, 0.3) is 0 Å². The van der Waals surface area contributed by atoms with Gasteiger partial charge in [-0.2, -0.15) is 0 Å². The van der Waals surface area contributed by atoms with Crippen molar-refractivity contribution in [2.45, 2.75) is 33.1 Å². The van der Waals surface area contributed by atoms with Crippen LogP contribution < -0.4 is 0 Å². The summed E-state index contributed by atoms with van der Waals surface area (Å²) in [5.41, 5.74) is 1.80. The molecule has 1 unspecified atom stereocenters. The third-order valence-corrected chi connectivity index (χ3v) is 3.11. The molecule has 1 aromatic carbocycles. The molecule has 0 heterocycles. The van der Waals surface area contributed by atoms with Gasteiger partial charge >= 0.3 is 0 Å². The van der Waals surface area contributed by atoms with Gasteiger partial charge in [-0.3, -0.25) is 0 Å². The average molecular weight is 219 g/mol. The number of rotatable bonds is 4. The average Bonchev–Trinajstić information content (AvgIpc) is 2.17. The molecule has 0 N–H and O–H groups in total. The molecular formula is C15H25N. The van der Waals surface area contributed by atoms with Crippen LogP contribution in [-0.2, 0) is 0 Å². The minimum atomic E-state index is 0.331. The monoisotopic (exact) mass is 219 g/mol. The summed E-state index contributed by atoms with van der Waals surface area (Å²) in [6.45, 7) is 8.15. The van der Waals surface area contributed by atoms with Gasteiger partial charge in [0.15, 0.2) is 0 Å². The van der Waals surface area contributed by atoms with E-state index < -0.39 is 0 Å². The molecule has 0 radical (unpaired) electrons. The van der Waals surface area contributed by atoms with Crippen LogP contribution >= 0.6 is 0 Å². The molecule has 1 aromatic rings. The molecule has 0 saturated carbocycles. The van der Waals surface area contributed by atoms with Crippen molar-refractivity contribution >= 4 is 0 Å². The largest absolute Gasteiger partial charge is 0.309 e. The highest BCUT2D eigenvalue weighted by molar-refractivity contribution is 5.21. The first-order valence-electron chi connectivity index (χ1n) is 6.11. The molecule has 0 amide bonds. The minimum absolute atomic E-state index is 0.331. The van der Waals surface area contributed by atoms with Crippen LogP contribution in [0.3, 0.4) is 0 Å². The third-order valence-electron chi connectivity index (χ3n) is 3.11. The quantitative estimate of drug-likeness (QED) is 0.745. The highest BCUT2D eigenvalue weighted by atomic mass is 15.0. The van der Waals surface area contributed by atoms with Gasteiger partial charge in [0.2, 0.25) is 0 Å². The van der Waals surface area contributed by atoms with Crippen molar-refractivity contribution in [1.82, 2.24) is 4.90 Å². The molecule has 0 bridgehead atoms. The summed E-state index contributed by atoms with van der Waals surface area (Å²) in [5.74, 6) is 0.635. The van der Waals surface area contributed by atoms with E-state index >= 15 is 0 Å². The lowest BCUT2D eigenvalue weighted by molar-refractivity contribution is 0.273. The van der Waals surface area contributed by atoms with Gasteiger partial charge in [-0.05, 0) is 44.0 Å². The van der Waals surface area contributed by atoms with E-state index in [9.17, 15) is 0 Å². The van der Waals surface area contributed by atoms with Crippen molar-refractivity contribution in [3.63, 3.8) is 0 Å². The Morgan fingerprint density at radius 1 is 1.06 bits per heavy atom. The first kappa shape index (κ1) is 13.2. The lowest BCUT2D eigenvalue weighted by Crippen LogP contribution is -2.23. The zero-order valence-electron chi connectivity index (χ0n) is 11.3. The highest BCUT2D eigenvalue weighted by Gasteiger charge is 2.25. The zero-order valence-corrected chi connectivity index (χ0v) is 11.3. The molecule has 16 heavy (non-hydrogen) atoms. The van der Waals surface area contributed by atoms with E-state index in [1.807, 2.05) is 0 Å². The Bertz CT molecular complexity index is 295. The van der Waals surface area contributed by atoms with Crippen LogP contribution in [0, 0.1) is 5.41 Å². The Balaban J connectivity index is 2.81. The number of benzene rings is 1. The summed E-state index contributed by atoms with van der Waals surface area (Å²) in [7, 11) is 4.29. The van der Waals surface area contributed by atoms with Gasteiger partial charge in [0.25, 0.3) is 0 Å². The molecular weight excluding hydrogens is 194 g/mol. The van der Waals surface area contributed by atoms with Crippen LogP contribution in [0.15, 0.2) is 30.3 Å². The maximum atomic E-state index is 2.33. The fourth-order valence-electron chi connectivity index (χ4n) is 2.17. The maximum Gasteiger partial charge on any atom is -0.00188 e. The molecule has 90 valence electrons.